The van der Waals surface area contributed by atoms with E-state index >= 15 is 0 Å². The fraction of sp³-hybridized carbons (Fsp3) is 0.286. The Labute approximate surface area is 204 Å². The number of carbonyl (C=O) groups is 2. The molecular formula is C28H28FN3O3. The van der Waals surface area contributed by atoms with Gasteiger partial charge in [0.25, 0.3) is 5.91 Å². The number of ether oxygens (including phenoxy) is 1. The fourth-order valence-corrected chi connectivity index (χ4v) is 4.91. The van der Waals surface area contributed by atoms with Crippen LogP contribution in [0.25, 0.3) is 11.1 Å². The zero-order valence-corrected chi connectivity index (χ0v) is 19.6. The molecule has 5 rings (SSSR count). The van der Waals surface area contributed by atoms with Crippen molar-refractivity contribution >= 4 is 11.8 Å². The van der Waals surface area contributed by atoms with Gasteiger partial charge in [0.15, 0.2) is 0 Å². The molecule has 1 saturated heterocycles. The highest BCUT2D eigenvalue weighted by molar-refractivity contribution is 6.02. The number of fused-ring (bicyclic) bond motifs is 4. The fourth-order valence-electron chi connectivity index (χ4n) is 4.91. The lowest BCUT2D eigenvalue weighted by Gasteiger charge is -2.29. The molecule has 1 N–H and O–H groups in total. The molecule has 0 bridgehead atoms. The second kappa shape index (κ2) is 9.88. The summed E-state index contributed by atoms with van der Waals surface area (Å²) in [6.07, 6.45) is 0.706. The number of hydrogen-bond donors (Lipinski definition) is 1. The highest BCUT2D eigenvalue weighted by Crippen LogP contribution is 2.34. The number of hydrogen-bond acceptors (Lipinski definition) is 4. The number of likely N-dealkylation sites (N-methyl/N-ethyl adjacent to an activating group) is 1. The van der Waals surface area contributed by atoms with E-state index < -0.39 is 0 Å². The Morgan fingerprint density at radius 3 is 2.51 bits per heavy atom. The van der Waals surface area contributed by atoms with Crippen molar-refractivity contribution in [2.45, 2.75) is 25.0 Å². The van der Waals surface area contributed by atoms with Gasteiger partial charge < -0.3 is 19.9 Å². The third-order valence-corrected chi connectivity index (χ3v) is 6.70. The van der Waals surface area contributed by atoms with Crippen LogP contribution in [0.1, 0.15) is 22.3 Å². The lowest BCUT2D eigenvalue weighted by atomic mass is 9.98. The molecule has 0 aromatic heterocycles. The van der Waals surface area contributed by atoms with Crippen LogP contribution >= 0.6 is 0 Å². The molecule has 35 heavy (non-hydrogen) atoms. The summed E-state index contributed by atoms with van der Waals surface area (Å²) in [5.74, 6) is 0.0907. The molecule has 7 heteroatoms. The number of rotatable bonds is 3. The van der Waals surface area contributed by atoms with Gasteiger partial charge in [-0.3, -0.25) is 9.59 Å². The van der Waals surface area contributed by atoms with Crippen molar-refractivity contribution in [3.8, 4) is 16.9 Å². The largest absolute Gasteiger partial charge is 0.491 e. The van der Waals surface area contributed by atoms with Gasteiger partial charge in [0.2, 0.25) is 5.91 Å². The molecule has 1 fully saturated rings. The molecule has 2 amide bonds. The van der Waals surface area contributed by atoms with Crippen LogP contribution in [0.3, 0.4) is 0 Å². The van der Waals surface area contributed by atoms with Crippen LogP contribution < -0.4 is 10.1 Å². The first-order valence-corrected chi connectivity index (χ1v) is 11.8. The molecule has 0 spiro atoms. The minimum Gasteiger partial charge on any atom is -0.491 e. The summed E-state index contributed by atoms with van der Waals surface area (Å²) in [6, 6.07) is 21.5. The van der Waals surface area contributed by atoms with Crippen molar-refractivity contribution in [2.75, 3.05) is 26.7 Å². The molecule has 6 nitrogen and oxygen atoms in total. The molecule has 2 atom stereocenters. The zero-order valence-electron chi connectivity index (χ0n) is 19.6. The number of benzene rings is 3. The van der Waals surface area contributed by atoms with E-state index in [1.165, 1.54) is 17.0 Å². The van der Waals surface area contributed by atoms with Gasteiger partial charge >= 0.3 is 0 Å². The Balaban J connectivity index is 1.41. The van der Waals surface area contributed by atoms with Crippen LogP contribution in [-0.4, -0.2) is 60.4 Å². The van der Waals surface area contributed by atoms with Crippen LogP contribution in [0.4, 0.5) is 4.39 Å². The van der Waals surface area contributed by atoms with Crippen LogP contribution in [0.15, 0.2) is 72.8 Å². The van der Waals surface area contributed by atoms with E-state index in [1.807, 2.05) is 53.4 Å². The number of nitrogens with one attached hydrogen (secondary N) is 1. The molecule has 0 saturated carbocycles. The Kier molecular flexibility index (Phi) is 6.51. The van der Waals surface area contributed by atoms with E-state index in [9.17, 15) is 14.0 Å². The van der Waals surface area contributed by atoms with Crippen molar-refractivity contribution in [1.82, 2.24) is 15.1 Å². The number of carbonyl (C=O) groups excluding carboxylic acids is 2. The number of para-hydroxylation sites is 1. The van der Waals surface area contributed by atoms with Gasteiger partial charge in [-0.25, -0.2) is 4.39 Å². The molecule has 180 valence electrons. The summed E-state index contributed by atoms with van der Waals surface area (Å²) in [4.78, 5) is 29.9. The van der Waals surface area contributed by atoms with Crippen LogP contribution in [0, 0.1) is 5.82 Å². The Morgan fingerprint density at radius 2 is 1.71 bits per heavy atom. The number of amides is 2. The zero-order chi connectivity index (χ0) is 24.4. The van der Waals surface area contributed by atoms with Crippen molar-refractivity contribution in [2.24, 2.45) is 0 Å². The Bertz CT molecular complexity index is 1250. The summed E-state index contributed by atoms with van der Waals surface area (Å²) < 4.78 is 19.8. The molecule has 3 aromatic rings. The predicted octanol–water partition coefficient (Wildman–Crippen LogP) is 3.72. The molecular weight excluding hydrogens is 445 g/mol. The molecule has 2 aliphatic rings. The van der Waals surface area contributed by atoms with Gasteiger partial charge in [-0.1, -0.05) is 48.5 Å². The number of halogens is 1. The molecule has 2 aliphatic heterocycles. The highest BCUT2D eigenvalue weighted by atomic mass is 19.1. The van der Waals surface area contributed by atoms with E-state index in [2.05, 4.69) is 5.32 Å². The summed E-state index contributed by atoms with van der Waals surface area (Å²) in [5.41, 5.74) is 3.02. The lowest BCUT2D eigenvalue weighted by Crippen LogP contribution is -2.46. The molecule has 3 aromatic carbocycles. The van der Waals surface area contributed by atoms with Crippen LogP contribution in [0.5, 0.6) is 5.75 Å². The molecule has 0 aliphatic carbocycles. The first-order chi connectivity index (χ1) is 17.0. The maximum absolute atomic E-state index is 13.6. The maximum Gasteiger partial charge on any atom is 0.254 e. The first kappa shape index (κ1) is 23.1. The van der Waals surface area contributed by atoms with Crippen molar-refractivity contribution in [3.63, 3.8) is 0 Å². The van der Waals surface area contributed by atoms with Crippen molar-refractivity contribution in [3.05, 3.63) is 89.7 Å². The van der Waals surface area contributed by atoms with E-state index in [-0.39, 0.29) is 36.3 Å². The maximum atomic E-state index is 13.6. The SMILES string of the molecule is CN1CC(=O)N2C[C@H](NCc3cccc(F)c3)C[C@H]2COc2ccccc2-c2ccccc2C1=O. The number of nitrogens with zero attached hydrogens (tertiary/aromatic N) is 2. The van der Waals surface area contributed by atoms with Crippen LogP contribution in [0.2, 0.25) is 0 Å². The van der Waals surface area contributed by atoms with Crippen molar-refractivity contribution in [1.29, 1.82) is 0 Å². The lowest BCUT2D eigenvalue weighted by molar-refractivity contribution is -0.133. The Hall–Kier alpha value is -3.71. The minimum absolute atomic E-state index is 0.0120. The Morgan fingerprint density at radius 1 is 0.971 bits per heavy atom. The summed E-state index contributed by atoms with van der Waals surface area (Å²) in [5, 5.41) is 3.46. The smallest absolute Gasteiger partial charge is 0.254 e. The predicted molar refractivity (Wildman–Crippen MR) is 131 cm³/mol. The second-order valence-corrected chi connectivity index (χ2v) is 9.16. The van der Waals surface area contributed by atoms with Gasteiger partial charge in [-0.05, 0) is 41.8 Å². The average molecular weight is 474 g/mol. The first-order valence-electron chi connectivity index (χ1n) is 11.8. The quantitative estimate of drug-likeness (QED) is 0.630. The molecule has 0 unspecified atom stereocenters. The minimum atomic E-state index is -0.267. The monoisotopic (exact) mass is 473 g/mol. The van der Waals surface area contributed by atoms with E-state index in [1.54, 1.807) is 19.2 Å². The third-order valence-electron chi connectivity index (χ3n) is 6.70. The second-order valence-electron chi connectivity index (χ2n) is 9.16. The van der Waals surface area contributed by atoms with Gasteiger partial charge in [0.1, 0.15) is 18.2 Å². The van der Waals surface area contributed by atoms with Gasteiger partial charge in [0, 0.05) is 37.3 Å². The van der Waals surface area contributed by atoms with Gasteiger partial charge in [-0.2, -0.15) is 0 Å². The van der Waals surface area contributed by atoms with Gasteiger partial charge in [0.05, 0.1) is 12.6 Å². The van der Waals surface area contributed by atoms with E-state index in [4.69, 9.17) is 4.74 Å². The standard InChI is InChI=1S/C28H28FN3O3/c1-31-17-27(33)32-16-21(30-15-19-7-6-8-20(29)13-19)14-22(32)18-35-26-12-5-4-10-24(26)23-9-2-3-11-25(23)28(31)34/h2-13,21-22,30H,14-18H2,1H3/t21-,22+/m1/s1. The third kappa shape index (κ3) is 4.91. The summed E-state index contributed by atoms with van der Waals surface area (Å²) in [7, 11) is 1.66. The summed E-state index contributed by atoms with van der Waals surface area (Å²) in [6.45, 7) is 1.35. The van der Waals surface area contributed by atoms with E-state index in [0.717, 1.165) is 16.7 Å². The molecule has 2 heterocycles. The van der Waals surface area contributed by atoms with Gasteiger partial charge in [-0.15, -0.1) is 0 Å². The molecule has 0 radical (unpaired) electrons. The normalized spacial score (nSPS) is 20.3. The van der Waals surface area contributed by atoms with Crippen molar-refractivity contribution < 1.29 is 18.7 Å². The van der Waals surface area contributed by atoms with Crippen LogP contribution in [-0.2, 0) is 11.3 Å². The topological polar surface area (TPSA) is 61.9 Å². The van der Waals surface area contributed by atoms with E-state index in [0.29, 0.717) is 37.4 Å². The highest BCUT2D eigenvalue weighted by Gasteiger charge is 2.36. The summed E-state index contributed by atoms with van der Waals surface area (Å²) >= 11 is 0. The average Bonchev–Trinajstić information content (AvgIpc) is 3.29.